The molecule has 17 heavy (non-hydrogen) atoms. The summed E-state index contributed by atoms with van der Waals surface area (Å²) in [4.78, 5) is 5.69. The van der Waals surface area contributed by atoms with Gasteiger partial charge in [0, 0.05) is 32.4 Å². The molecule has 1 rings (SSSR count). The Hall–Kier alpha value is -1.05. The SMILES string of the molecule is C=C/C=N\C(=N)N1CCN(S(N)=O)CC1.CC. The van der Waals surface area contributed by atoms with Crippen LogP contribution in [0.1, 0.15) is 13.8 Å². The zero-order chi connectivity index (χ0) is 13.3. The monoisotopic (exact) mass is 259 g/mol. The minimum absolute atomic E-state index is 0.206. The molecular formula is C10H21N5OS. The van der Waals surface area contributed by atoms with E-state index in [1.54, 1.807) is 4.31 Å². The number of rotatable bonds is 2. The Labute approximate surface area is 105 Å². The second-order valence-corrected chi connectivity index (χ2v) is 4.10. The standard InChI is InChI=1S/C8H15N5OS.C2H6/c1-2-3-11-8(9)12-4-6-13(7-5-12)15(10)14;1-2/h2-3,9H,1,4-7,10H2;1-2H3/b9-8?,11-3-;. The number of allylic oxidation sites excluding steroid dienone is 1. The molecule has 3 N–H and O–H groups in total. The van der Waals surface area contributed by atoms with Crippen LogP contribution >= 0.6 is 0 Å². The van der Waals surface area contributed by atoms with Gasteiger partial charge in [0.25, 0.3) is 0 Å². The number of guanidine groups is 1. The third-order valence-corrected chi connectivity index (χ3v) is 2.97. The van der Waals surface area contributed by atoms with Crippen LogP contribution in [0.3, 0.4) is 0 Å². The number of piperazine rings is 1. The Balaban J connectivity index is 0.00000121. The van der Waals surface area contributed by atoms with Crippen LogP contribution in [-0.4, -0.2) is 51.8 Å². The molecule has 0 radical (unpaired) electrons. The van der Waals surface area contributed by atoms with Crippen molar-refractivity contribution in [1.82, 2.24) is 9.21 Å². The Bertz CT molecular complexity index is 297. The zero-order valence-corrected chi connectivity index (χ0v) is 11.2. The van der Waals surface area contributed by atoms with E-state index in [1.165, 1.54) is 12.3 Å². The van der Waals surface area contributed by atoms with E-state index in [-0.39, 0.29) is 5.96 Å². The van der Waals surface area contributed by atoms with E-state index >= 15 is 0 Å². The fraction of sp³-hybridized carbons (Fsp3) is 0.600. The lowest BCUT2D eigenvalue weighted by Gasteiger charge is -2.32. The van der Waals surface area contributed by atoms with Crippen molar-refractivity contribution in [1.29, 1.82) is 5.41 Å². The fourth-order valence-corrected chi connectivity index (χ4v) is 1.81. The maximum absolute atomic E-state index is 10.9. The van der Waals surface area contributed by atoms with Gasteiger partial charge in [-0.15, -0.1) is 0 Å². The van der Waals surface area contributed by atoms with Crippen LogP contribution in [0.4, 0.5) is 0 Å². The van der Waals surface area contributed by atoms with E-state index in [2.05, 4.69) is 11.6 Å². The highest BCUT2D eigenvalue weighted by molar-refractivity contribution is 7.80. The molecule has 1 atom stereocenters. The van der Waals surface area contributed by atoms with Gasteiger partial charge in [-0.1, -0.05) is 26.5 Å². The van der Waals surface area contributed by atoms with Crippen LogP contribution in [0.25, 0.3) is 0 Å². The lowest BCUT2D eigenvalue weighted by Crippen LogP contribution is -2.49. The molecule has 1 fully saturated rings. The third kappa shape index (κ3) is 5.71. The summed E-state index contributed by atoms with van der Waals surface area (Å²) in [5.41, 5.74) is 0. The Morgan fingerprint density at radius 3 is 2.35 bits per heavy atom. The van der Waals surface area contributed by atoms with Gasteiger partial charge in [-0.25, -0.2) is 18.6 Å². The van der Waals surface area contributed by atoms with Crippen molar-refractivity contribution >= 4 is 23.3 Å². The lowest BCUT2D eigenvalue weighted by molar-refractivity contribution is 0.272. The predicted molar refractivity (Wildman–Crippen MR) is 73.2 cm³/mol. The summed E-state index contributed by atoms with van der Waals surface area (Å²) in [5, 5.41) is 12.9. The van der Waals surface area contributed by atoms with E-state index in [0.717, 1.165) is 0 Å². The van der Waals surface area contributed by atoms with Crippen molar-refractivity contribution < 1.29 is 4.21 Å². The molecule has 0 aromatic heterocycles. The van der Waals surface area contributed by atoms with Crippen molar-refractivity contribution in [3.05, 3.63) is 12.7 Å². The molecule has 1 aliphatic heterocycles. The summed E-state index contributed by atoms with van der Waals surface area (Å²) in [5.74, 6) is 0.206. The molecule has 0 spiro atoms. The lowest BCUT2D eigenvalue weighted by atomic mass is 10.4. The first kappa shape index (κ1) is 16.0. The first-order valence-electron chi connectivity index (χ1n) is 5.55. The molecule has 0 amide bonds. The van der Waals surface area contributed by atoms with Gasteiger partial charge in [0.2, 0.25) is 5.96 Å². The van der Waals surface area contributed by atoms with Gasteiger partial charge in [-0.2, -0.15) is 0 Å². The van der Waals surface area contributed by atoms with E-state index in [4.69, 9.17) is 10.5 Å². The van der Waals surface area contributed by atoms with Gasteiger partial charge in [0.15, 0.2) is 11.2 Å². The van der Waals surface area contributed by atoms with Gasteiger partial charge in [-0.3, -0.25) is 5.41 Å². The maximum atomic E-state index is 10.9. The van der Waals surface area contributed by atoms with Crippen LogP contribution in [-0.2, 0) is 11.2 Å². The number of aliphatic imine (C=N–C) groups is 1. The van der Waals surface area contributed by atoms with Gasteiger partial charge in [0.05, 0.1) is 0 Å². The molecule has 0 saturated carbocycles. The topological polar surface area (TPSA) is 85.8 Å². The molecule has 0 bridgehead atoms. The van der Waals surface area contributed by atoms with Crippen molar-refractivity contribution in [2.75, 3.05) is 26.2 Å². The van der Waals surface area contributed by atoms with Crippen LogP contribution in [0.2, 0.25) is 0 Å². The third-order valence-electron chi connectivity index (χ3n) is 2.09. The van der Waals surface area contributed by atoms with Crippen molar-refractivity contribution in [3.63, 3.8) is 0 Å². The summed E-state index contributed by atoms with van der Waals surface area (Å²) in [6, 6.07) is 0. The molecule has 0 aliphatic carbocycles. The van der Waals surface area contributed by atoms with Gasteiger partial charge in [0.1, 0.15) is 0 Å². The second kappa shape index (κ2) is 9.03. The average Bonchev–Trinajstić information content (AvgIpc) is 2.38. The van der Waals surface area contributed by atoms with Gasteiger partial charge >= 0.3 is 0 Å². The fourth-order valence-electron chi connectivity index (χ4n) is 1.28. The molecule has 6 nitrogen and oxygen atoms in total. The minimum Gasteiger partial charge on any atom is -0.339 e. The van der Waals surface area contributed by atoms with Crippen molar-refractivity contribution in [2.24, 2.45) is 10.1 Å². The summed E-state index contributed by atoms with van der Waals surface area (Å²) < 4.78 is 12.6. The van der Waals surface area contributed by atoms with Crippen LogP contribution < -0.4 is 5.14 Å². The number of hydrogen-bond acceptors (Lipinski definition) is 2. The summed E-state index contributed by atoms with van der Waals surface area (Å²) in [6.45, 7) is 9.91. The van der Waals surface area contributed by atoms with E-state index in [9.17, 15) is 4.21 Å². The number of nitrogens with one attached hydrogen (secondary N) is 1. The molecule has 0 aromatic carbocycles. The second-order valence-electron chi connectivity index (χ2n) is 3.03. The molecule has 7 heteroatoms. The van der Waals surface area contributed by atoms with E-state index < -0.39 is 11.2 Å². The zero-order valence-electron chi connectivity index (χ0n) is 10.4. The molecular weight excluding hydrogens is 238 g/mol. The maximum Gasteiger partial charge on any atom is 0.217 e. The van der Waals surface area contributed by atoms with Gasteiger partial charge in [-0.05, 0) is 0 Å². The first-order chi connectivity index (χ1) is 8.15. The smallest absolute Gasteiger partial charge is 0.217 e. The molecule has 1 saturated heterocycles. The van der Waals surface area contributed by atoms with Crippen LogP contribution in [0.5, 0.6) is 0 Å². The first-order valence-corrected chi connectivity index (χ1v) is 6.72. The highest BCUT2D eigenvalue weighted by atomic mass is 32.2. The summed E-state index contributed by atoms with van der Waals surface area (Å²) in [7, 11) is 0. The number of hydrogen-bond donors (Lipinski definition) is 2. The van der Waals surface area contributed by atoms with Crippen molar-refractivity contribution in [3.8, 4) is 0 Å². The largest absolute Gasteiger partial charge is 0.339 e. The molecule has 98 valence electrons. The Morgan fingerprint density at radius 2 is 1.94 bits per heavy atom. The quantitative estimate of drug-likeness (QED) is 0.554. The highest BCUT2D eigenvalue weighted by Gasteiger charge is 2.20. The van der Waals surface area contributed by atoms with Crippen molar-refractivity contribution in [2.45, 2.75) is 13.8 Å². The molecule has 0 aromatic rings. The average molecular weight is 259 g/mol. The molecule has 1 heterocycles. The Kier molecular flexibility index (Phi) is 8.47. The minimum atomic E-state index is -1.40. The summed E-state index contributed by atoms with van der Waals surface area (Å²) >= 11 is -1.40. The van der Waals surface area contributed by atoms with E-state index in [1.807, 2.05) is 18.7 Å². The van der Waals surface area contributed by atoms with Gasteiger partial charge < -0.3 is 4.90 Å². The molecule has 1 unspecified atom stereocenters. The highest BCUT2D eigenvalue weighted by Crippen LogP contribution is 2.03. The number of nitrogens with two attached hydrogens (primary N) is 1. The summed E-state index contributed by atoms with van der Waals surface area (Å²) in [6.07, 6.45) is 3.01. The van der Waals surface area contributed by atoms with E-state index in [0.29, 0.717) is 26.2 Å². The molecule has 1 aliphatic rings. The predicted octanol–water partition coefficient (Wildman–Crippen LogP) is 0.359. The Morgan fingerprint density at radius 1 is 1.41 bits per heavy atom. The number of nitrogens with zero attached hydrogens (tertiary/aromatic N) is 3. The van der Waals surface area contributed by atoms with Crippen LogP contribution in [0.15, 0.2) is 17.6 Å². The van der Waals surface area contributed by atoms with Crippen LogP contribution in [0, 0.1) is 5.41 Å². The normalized spacial score (nSPS) is 18.4.